The molecule has 160 valence electrons. The van der Waals surface area contributed by atoms with Crippen molar-refractivity contribution >= 4 is 44.8 Å². The van der Waals surface area contributed by atoms with Crippen molar-refractivity contribution in [2.75, 3.05) is 0 Å². The minimum atomic E-state index is -0.360. The predicted molar refractivity (Wildman–Crippen MR) is 126 cm³/mol. The standard InChI is InChI=1S/C26H24N4O2/c1-26(2)9-15-4-3-5-17-19(12-30(13-26)23(15)17)22-21(24(31)29-25(22)32)18-11-28-20-8-14(10-27)6-7-16(18)20/h3-8,11-12,28H,9-10,13,27H2,1-2H3,(H,29,31,32). The summed E-state index contributed by atoms with van der Waals surface area (Å²) >= 11 is 0. The van der Waals surface area contributed by atoms with Crippen LogP contribution in [0.3, 0.4) is 0 Å². The summed E-state index contributed by atoms with van der Waals surface area (Å²) in [7, 11) is 0. The zero-order valence-corrected chi connectivity index (χ0v) is 18.1. The Bertz CT molecular complexity index is 1500. The van der Waals surface area contributed by atoms with E-state index in [2.05, 4.69) is 34.8 Å². The Hall–Kier alpha value is -3.64. The van der Waals surface area contributed by atoms with Gasteiger partial charge in [-0.3, -0.25) is 14.9 Å². The Labute approximate surface area is 185 Å². The molecular formula is C26H24N4O2. The Kier molecular flexibility index (Phi) is 3.84. The third-order valence-corrected chi connectivity index (χ3v) is 6.70. The van der Waals surface area contributed by atoms with E-state index in [0.29, 0.717) is 17.7 Å². The van der Waals surface area contributed by atoms with E-state index < -0.39 is 0 Å². The number of hydrogen-bond donors (Lipinski definition) is 3. The van der Waals surface area contributed by atoms with Crippen LogP contribution in [0.1, 0.15) is 36.1 Å². The Morgan fingerprint density at radius 2 is 1.81 bits per heavy atom. The molecule has 2 aromatic carbocycles. The lowest BCUT2D eigenvalue weighted by Gasteiger charge is -2.31. The van der Waals surface area contributed by atoms with Crippen molar-refractivity contribution in [2.45, 2.75) is 33.4 Å². The van der Waals surface area contributed by atoms with Gasteiger partial charge in [0.1, 0.15) is 0 Å². The van der Waals surface area contributed by atoms with E-state index in [4.69, 9.17) is 5.73 Å². The number of nitrogens with zero attached hydrogens (tertiary/aromatic N) is 1. The number of hydrogen-bond acceptors (Lipinski definition) is 3. The van der Waals surface area contributed by atoms with Crippen LogP contribution < -0.4 is 11.1 Å². The number of amides is 2. The van der Waals surface area contributed by atoms with Crippen LogP contribution in [0.4, 0.5) is 0 Å². The molecule has 0 fully saturated rings. The van der Waals surface area contributed by atoms with Gasteiger partial charge in [0.15, 0.2) is 0 Å². The zero-order chi connectivity index (χ0) is 22.2. The number of nitrogens with two attached hydrogens (primary N) is 1. The zero-order valence-electron chi connectivity index (χ0n) is 18.1. The fourth-order valence-corrected chi connectivity index (χ4v) is 5.41. The minimum Gasteiger partial charge on any atom is -0.361 e. The lowest BCUT2D eigenvalue weighted by Crippen LogP contribution is -2.26. The number of para-hydroxylation sites is 1. The molecule has 4 heterocycles. The summed E-state index contributed by atoms with van der Waals surface area (Å²) < 4.78 is 2.24. The first-order chi connectivity index (χ1) is 15.4. The Balaban J connectivity index is 1.63. The molecule has 0 radical (unpaired) electrons. The maximum absolute atomic E-state index is 13.1. The van der Waals surface area contributed by atoms with E-state index in [-0.39, 0.29) is 17.2 Å². The molecule has 2 amide bonds. The number of nitrogens with one attached hydrogen (secondary N) is 2. The van der Waals surface area contributed by atoms with Crippen LogP contribution in [-0.4, -0.2) is 21.4 Å². The number of rotatable bonds is 3. The van der Waals surface area contributed by atoms with E-state index >= 15 is 0 Å². The van der Waals surface area contributed by atoms with Crippen LogP contribution in [0.2, 0.25) is 0 Å². The second-order valence-corrected chi connectivity index (χ2v) is 9.64. The molecule has 2 aliphatic heterocycles. The average molecular weight is 425 g/mol. The SMILES string of the molecule is CC1(C)Cc2cccc3c(C4=C(c5c[nH]c6cc(CN)ccc56)C(=O)NC4=O)cn(c23)C1. The van der Waals surface area contributed by atoms with E-state index in [1.807, 2.05) is 42.7 Å². The van der Waals surface area contributed by atoms with Gasteiger partial charge in [-0.15, -0.1) is 0 Å². The monoisotopic (exact) mass is 424 g/mol. The molecule has 32 heavy (non-hydrogen) atoms. The molecule has 0 atom stereocenters. The van der Waals surface area contributed by atoms with Gasteiger partial charge in [-0.2, -0.15) is 0 Å². The van der Waals surface area contributed by atoms with E-state index in [0.717, 1.165) is 51.5 Å². The molecule has 0 aliphatic carbocycles. The topological polar surface area (TPSA) is 92.9 Å². The Morgan fingerprint density at radius 3 is 2.59 bits per heavy atom. The van der Waals surface area contributed by atoms with Crippen molar-refractivity contribution in [3.8, 4) is 0 Å². The molecule has 0 spiro atoms. The number of imide groups is 1. The second kappa shape index (κ2) is 6.43. The summed E-state index contributed by atoms with van der Waals surface area (Å²) in [5.74, 6) is -0.707. The highest BCUT2D eigenvalue weighted by Gasteiger charge is 2.36. The molecular weight excluding hydrogens is 400 g/mol. The fraction of sp³-hybridized carbons (Fsp3) is 0.231. The van der Waals surface area contributed by atoms with Crippen LogP contribution in [0.25, 0.3) is 33.0 Å². The average Bonchev–Trinajstić information content (AvgIpc) is 3.40. The first kappa shape index (κ1) is 19.1. The molecule has 0 unspecified atom stereocenters. The third kappa shape index (κ3) is 2.63. The maximum Gasteiger partial charge on any atom is 0.259 e. The number of fused-ring (bicyclic) bond motifs is 1. The first-order valence-corrected chi connectivity index (χ1v) is 10.9. The number of aromatic nitrogens is 2. The quantitative estimate of drug-likeness (QED) is 0.438. The van der Waals surface area contributed by atoms with Gasteiger partial charge < -0.3 is 15.3 Å². The van der Waals surface area contributed by atoms with E-state index in [1.165, 1.54) is 5.56 Å². The fourth-order valence-electron chi connectivity index (χ4n) is 5.41. The molecule has 4 N–H and O–H groups in total. The largest absolute Gasteiger partial charge is 0.361 e. The third-order valence-electron chi connectivity index (χ3n) is 6.70. The van der Waals surface area contributed by atoms with E-state index in [9.17, 15) is 9.59 Å². The maximum atomic E-state index is 13.1. The summed E-state index contributed by atoms with van der Waals surface area (Å²) in [6.07, 6.45) is 4.84. The van der Waals surface area contributed by atoms with Gasteiger partial charge in [-0.05, 0) is 29.0 Å². The summed E-state index contributed by atoms with van der Waals surface area (Å²) in [5, 5.41) is 4.45. The van der Waals surface area contributed by atoms with Gasteiger partial charge in [0.2, 0.25) is 0 Å². The van der Waals surface area contributed by atoms with Crippen molar-refractivity contribution in [3.63, 3.8) is 0 Å². The molecule has 6 rings (SSSR count). The summed E-state index contributed by atoms with van der Waals surface area (Å²) in [6, 6.07) is 12.2. The summed E-state index contributed by atoms with van der Waals surface area (Å²) in [6.45, 7) is 5.82. The Morgan fingerprint density at radius 1 is 1.03 bits per heavy atom. The number of carbonyl (C=O) groups excluding carboxylic acids is 2. The van der Waals surface area contributed by atoms with Crippen LogP contribution in [0, 0.1) is 5.41 Å². The van der Waals surface area contributed by atoms with Gasteiger partial charge in [0, 0.05) is 52.9 Å². The van der Waals surface area contributed by atoms with Crippen molar-refractivity contribution in [3.05, 3.63) is 71.0 Å². The van der Waals surface area contributed by atoms with Crippen molar-refractivity contribution in [1.82, 2.24) is 14.9 Å². The van der Waals surface area contributed by atoms with Crippen LogP contribution in [0.15, 0.2) is 48.8 Å². The van der Waals surface area contributed by atoms with Gasteiger partial charge in [-0.25, -0.2) is 0 Å². The lowest BCUT2D eigenvalue weighted by molar-refractivity contribution is -0.122. The first-order valence-electron chi connectivity index (χ1n) is 10.9. The highest BCUT2D eigenvalue weighted by Crippen LogP contribution is 2.42. The molecule has 4 aromatic rings. The highest BCUT2D eigenvalue weighted by atomic mass is 16.2. The molecule has 0 bridgehead atoms. The number of H-pyrrole nitrogens is 1. The van der Waals surface area contributed by atoms with Gasteiger partial charge >= 0.3 is 0 Å². The molecule has 0 saturated heterocycles. The number of carbonyl (C=O) groups is 2. The van der Waals surface area contributed by atoms with E-state index in [1.54, 1.807) is 0 Å². The molecule has 0 saturated carbocycles. The lowest BCUT2D eigenvalue weighted by atomic mass is 9.82. The van der Waals surface area contributed by atoms with Crippen molar-refractivity contribution in [2.24, 2.45) is 11.1 Å². The molecule has 6 nitrogen and oxygen atoms in total. The number of aromatic amines is 1. The van der Waals surface area contributed by atoms with Gasteiger partial charge in [0.05, 0.1) is 16.7 Å². The summed E-state index contributed by atoms with van der Waals surface area (Å²) in [5.41, 5.74) is 12.6. The number of benzene rings is 2. The van der Waals surface area contributed by atoms with Crippen LogP contribution in [0.5, 0.6) is 0 Å². The smallest absolute Gasteiger partial charge is 0.259 e. The van der Waals surface area contributed by atoms with Crippen LogP contribution >= 0.6 is 0 Å². The predicted octanol–water partition coefficient (Wildman–Crippen LogP) is 3.73. The summed E-state index contributed by atoms with van der Waals surface area (Å²) in [4.78, 5) is 29.3. The van der Waals surface area contributed by atoms with Crippen molar-refractivity contribution < 1.29 is 9.59 Å². The molecule has 2 aliphatic rings. The molecule has 2 aromatic heterocycles. The highest BCUT2D eigenvalue weighted by molar-refractivity contribution is 6.50. The second-order valence-electron chi connectivity index (χ2n) is 9.64. The van der Waals surface area contributed by atoms with Gasteiger partial charge in [0.25, 0.3) is 11.8 Å². The van der Waals surface area contributed by atoms with Crippen LogP contribution in [-0.2, 0) is 29.1 Å². The van der Waals surface area contributed by atoms with Crippen molar-refractivity contribution in [1.29, 1.82) is 0 Å². The van der Waals surface area contributed by atoms with Gasteiger partial charge in [-0.1, -0.05) is 44.2 Å². The minimum absolute atomic E-state index is 0.125. The molecule has 6 heteroatoms. The normalized spacial score (nSPS) is 17.6.